The average molecular weight is 396 g/mol. The van der Waals surface area contributed by atoms with Crippen LogP contribution < -0.4 is 4.74 Å². The molecule has 0 unspecified atom stereocenters. The molecule has 4 nitrogen and oxygen atoms in total. The zero-order valence-corrected chi connectivity index (χ0v) is 16.7. The second-order valence-corrected chi connectivity index (χ2v) is 7.13. The van der Waals surface area contributed by atoms with E-state index in [2.05, 4.69) is 0 Å². The summed E-state index contributed by atoms with van der Waals surface area (Å²) in [6.07, 6.45) is 0.333. The first-order chi connectivity index (χ1) is 13.5. The lowest BCUT2D eigenvalue weighted by atomic mass is 10.0. The SMILES string of the molecule is COc1ccc(Cl)cc1CN(C)C(=O)CCC(=O)c1ccc2ccccc2c1. The van der Waals surface area contributed by atoms with Gasteiger partial charge in [-0.1, -0.05) is 48.0 Å². The number of amides is 1. The van der Waals surface area contributed by atoms with Crippen molar-refractivity contribution in [1.82, 2.24) is 4.90 Å². The highest BCUT2D eigenvalue weighted by Crippen LogP contribution is 2.24. The number of carbonyl (C=O) groups excluding carboxylic acids is 2. The molecule has 1 amide bonds. The Bertz CT molecular complexity index is 1020. The number of carbonyl (C=O) groups is 2. The Morgan fingerprint density at radius 1 is 0.964 bits per heavy atom. The summed E-state index contributed by atoms with van der Waals surface area (Å²) in [5.74, 6) is 0.542. The van der Waals surface area contributed by atoms with E-state index in [1.54, 1.807) is 37.3 Å². The zero-order chi connectivity index (χ0) is 20.1. The van der Waals surface area contributed by atoms with Crippen LogP contribution in [0, 0.1) is 0 Å². The van der Waals surface area contributed by atoms with Gasteiger partial charge in [0.05, 0.1) is 7.11 Å². The Hall–Kier alpha value is -2.85. The topological polar surface area (TPSA) is 46.6 Å². The number of halogens is 1. The first-order valence-electron chi connectivity index (χ1n) is 9.06. The molecule has 0 bridgehead atoms. The van der Waals surface area contributed by atoms with Crippen molar-refractivity contribution >= 4 is 34.1 Å². The number of ether oxygens (including phenoxy) is 1. The molecule has 0 atom stereocenters. The molecular weight excluding hydrogens is 374 g/mol. The highest BCUT2D eigenvalue weighted by molar-refractivity contribution is 6.30. The molecule has 0 heterocycles. The van der Waals surface area contributed by atoms with Crippen molar-refractivity contribution in [3.63, 3.8) is 0 Å². The summed E-state index contributed by atoms with van der Waals surface area (Å²) < 4.78 is 5.32. The normalized spacial score (nSPS) is 10.7. The highest BCUT2D eigenvalue weighted by Gasteiger charge is 2.15. The van der Waals surface area contributed by atoms with Crippen LogP contribution in [-0.4, -0.2) is 30.7 Å². The van der Waals surface area contributed by atoms with Crippen LogP contribution >= 0.6 is 11.6 Å². The maximum Gasteiger partial charge on any atom is 0.223 e. The maximum absolute atomic E-state index is 12.5. The molecule has 0 aliphatic heterocycles. The fourth-order valence-corrected chi connectivity index (χ4v) is 3.33. The number of rotatable bonds is 7. The first kappa shape index (κ1) is 19.9. The molecule has 0 aromatic heterocycles. The van der Waals surface area contributed by atoms with Crippen molar-refractivity contribution in [1.29, 1.82) is 0 Å². The van der Waals surface area contributed by atoms with Crippen LogP contribution in [0.3, 0.4) is 0 Å². The predicted octanol–water partition coefficient (Wildman–Crippen LogP) is 5.12. The van der Waals surface area contributed by atoms with Crippen LogP contribution in [0.15, 0.2) is 60.7 Å². The number of hydrogen-bond donors (Lipinski definition) is 0. The Kier molecular flexibility index (Phi) is 6.32. The van der Waals surface area contributed by atoms with Crippen LogP contribution in [0.2, 0.25) is 5.02 Å². The molecule has 3 aromatic carbocycles. The number of ketones is 1. The number of nitrogens with zero attached hydrogens (tertiary/aromatic N) is 1. The van der Waals surface area contributed by atoms with Crippen molar-refractivity contribution in [2.24, 2.45) is 0 Å². The fraction of sp³-hybridized carbons (Fsp3) is 0.217. The van der Waals surface area contributed by atoms with Gasteiger partial charge in [0.25, 0.3) is 0 Å². The number of fused-ring (bicyclic) bond motifs is 1. The lowest BCUT2D eigenvalue weighted by molar-refractivity contribution is -0.130. The van der Waals surface area contributed by atoms with Gasteiger partial charge in [0.2, 0.25) is 5.91 Å². The molecule has 0 aliphatic carbocycles. The van der Waals surface area contributed by atoms with Gasteiger partial charge in [-0.15, -0.1) is 0 Å². The van der Waals surface area contributed by atoms with E-state index in [9.17, 15) is 9.59 Å². The number of hydrogen-bond acceptors (Lipinski definition) is 3. The molecule has 0 N–H and O–H groups in total. The van der Waals surface area contributed by atoms with Gasteiger partial charge in [-0.05, 0) is 35.0 Å². The van der Waals surface area contributed by atoms with E-state index in [1.165, 1.54) is 0 Å². The molecule has 28 heavy (non-hydrogen) atoms. The summed E-state index contributed by atoms with van der Waals surface area (Å²) in [5.41, 5.74) is 1.46. The molecule has 0 spiro atoms. The Morgan fingerprint density at radius 3 is 2.46 bits per heavy atom. The highest BCUT2D eigenvalue weighted by atomic mass is 35.5. The van der Waals surface area contributed by atoms with E-state index in [-0.39, 0.29) is 24.5 Å². The Morgan fingerprint density at radius 2 is 1.71 bits per heavy atom. The standard InChI is InChI=1S/C23H22ClNO3/c1-25(15-19-14-20(24)9-11-22(19)28-2)23(27)12-10-21(26)18-8-7-16-5-3-4-6-17(16)13-18/h3-9,11,13-14H,10,12,15H2,1-2H3. The van der Waals surface area contributed by atoms with E-state index in [1.807, 2.05) is 42.5 Å². The lowest BCUT2D eigenvalue weighted by Gasteiger charge is -2.19. The van der Waals surface area contributed by atoms with Gasteiger partial charge >= 0.3 is 0 Å². The van der Waals surface area contributed by atoms with Crippen molar-refractivity contribution in [2.45, 2.75) is 19.4 Å². The minimum Gasteiger partial charge on any atom is -0.496 e. The van der Waals surface area contributed by atoms with Crippen LogP contribution in [-0.2, 0) is 11.3 Å². The minimum absolute atomic E-state index is 0.0344. The molecule has 144 valence electrons. The molecule has 0 saturated carbocycles. The molecule has 0 aliphatic rings. The van der Waals surface area contributed by atoms with Gasteiger partial charge in [0.15, 0.2) is 5.78 Å². The molecule has 5 heteroatoms. The largest absolute Gasteiger partial charge is 0.496 e. The van der Waals surface area contributed by atoms with E-state index >= 15 is 0 Å². The molecule has 0 radical (unpaired) electrons. The predicted molar refractivity (Wildman–Crippen MR) is 112 cm³/mol. The van der Waals surface area contributed by atoms with Gasteiger partial charge < -0.3 is 9.64 Å². The van der Waals surface area contributed by atoms with Crippen LogP contribution in [0.5, 0.6) is 5.75 Å². The van der Waals surface area contributed by atoms with Crippen molar-refractivity contribution in [2.75, 3.05) is 14.2 Å². The van der Waals surface area contributed by atoms with Crippen molar-refractivity contribution in [3.8, 4) is 5.75 Å². The van der Waals surface area contributed by atoms with Gasteiger partial charge in [-0.3, -0.25) is 9.59 Å². The molecule has 0 saturated heterocycles. The van der Waals surface area contributed by atoms with Gasteiger partial charge in [0.1, 0.15) is 5.75 Å². The van der Waals surface area contributed by atoms with Gasteiger partial charge in [0, 0.05) is 42.6 Å². The summed E-state index contributed by atoms with van der Waals surface area (Å²) in [4.78, 5) is 26.6. The third kappa shape index (κ3) is 4.70. The number of methoxy groups -OCH3 is 1. The third-order valence-corrected chi connectivity index (χ3v) is 4.95. The molecular formula is C23H22ClNO3. The lowest BCUT2D eigenvalue weighted by Crippen LogP contribution is -2.26. The van der Waals surface area contributed by atoms with Crippen LogP contribution in [0.4, 0.5) is 0 Å². The van der Waals surface area contributed by atoms with Crippen molar-refractivity contribution in [3.05, 3.63) is 76.8 Å². The summed E-state index contributed by atoms with van der Waals surface area (Å²) >= 11 is 6.05. The van der Waals surface area contributed by atoms with Crippen LogP contribution in [0.25, 0.3) is 10.8 Å². The molecule has 3 rings (SSSR count). The maximum atomic E-state index is 12.5. The fourth-order valence-electron chi connectivity index (χ4n) is 3.13. The van der Waals surface area contributed by atoms with E-state index in [0.717, 1.165) is 16.3 Å². The third-order valence-electron chi connectivity index (χ3n) is 4.71. The second kappa shape index (κ2) is 8.89. The Labute approximate surface area is 169 Å². The van der Waals surface area contributed by atoms with E-state index in [0.29, 0.717) is 22.9 Å². The monoisotopic (exact) mass is 395 g/mol. The number of Topliss-reactive ketones (excluding diaryl/α,β-unsaturated/α-hetero) is 1. The summed E-state index contributed by atoms with van der Waals surface area (Å²) in [7, 11) is 3.29. The van der Waals surface area contributed by atoms with Gasteiger partial charge in [-0.25, -0.2) is 0 Å². The zero-order valence-electron chi connectivity index (χ0n) is 15.9. The summed E-state index contributed by atoms with van der Waals surface area (Å²) in [5, 5.41) is 2.69. The molecule has 0 fully saturated rings. The minimum atomic E-state index is -0.101. The second-order valence-electron chi connectivity index (χ2n) is 6.69. The Balaban J connectivity index is 1.61. The first-order valence-corrected chi connectivity index (χ1v) is 9.44. The summed E-state index contributed by atoms with van der Waals surface area (Å²) in [6.45, 7) is 0.368. The van der Waals surface area contributed by atoms with Crippen molar-refractivity contribution < 1.29 is 14.3 Å². The number of benzene rings is 3. The average Bonchev–Trinajstić information content (AvgIpc) is 2.71. The smallest absolute Gasteiger partial charge is 0.223 e. The van der Waals surface area contributed by atoms with Gasteiger partial charge in [-0.2, -0.15) is 0 Å². The van der Waals surface area contributed by atoms with E-state index < -0.39 is 0 Å². The molecule has 3 aromatic rings. The van der Waals surface area contributed by atoms with E-state index in [4.69, 9.17) is 16.3 Å². The van der Waals surface area contributed by atoms with Crippen LogP contribution in [0.1, 0.15) is 28.8 Å². The quantitative estimate of drug-likeness (QED) is 0.521. The summed E-state index contributed by atoms with van der Waals surface area (Å²) in [6, 6.07) is 18.8.